The van der Waals surface area contributed by atoms with Crippen molar-refractivity contribution in [3.63, 3.8) is 0 Å². The smallest absolute Gasteiger partial charge is 0.225 e. The summed E-state index contributed by atoms with van der Waals surface area (Å²) in [7, 11) is -3.62. The van der Waals surface area contributed by atoms with Crippen molar-refractivity contribution in [2.45, 2.75) is 18.2 Å². The molecule has 5 heteroatoms. The molecule has 0 saturated carbocycles. The summed E-state index contributed by atoms with van der Waals surface area (Å²) in [5.41, 5.74) is 0.648. The van der Waals surface area contributed by atoms with E-state index in [1.165, 1.54) is 12.1 Å². The van der Waals surface area contributed by atoms with Crippen LogP contribution in [0.5, 0.6) is 0 Å². The first-order valence-corrected chi connectivity index (χ1v) is 5.69. The Morgan fingerprint density at radius 1 is 1.46 bits per heavy atom. The van der Waals surface area contributed by atoms with E-state index in [0.717, 1.165) is 0 Å². The Bertz CT molecular complexity index is 414. The number of aryl methyl sites for hydroxylation is 1. The molecule has 0 atom stereocenters. The highest BCUT2D eigenvalue weighted by atomic mass is 35.5. The first kappa shape index (κ1) is 10.5. The first-order valence-electron chi connectivity index (χ1n) is 3.76. The summed E-state index contributed by atoms with van der Waals surface area (Å²) in [5, 5.41) is 5.53. The molecule has 0 aliphatic heterocycles. The predicted octanol–water partition coefficient (Wildman–Crippen LogP) is 1.55. The fraction of sp³-hybridized carbons (Fsp3) is 0.250. The lowest BCUT2D eigenvalue weighted by Gasteiger charge is -2.05. The molecule has 2 N–H and O–H groups in total. The average Bonchev–Trinajstić information content (AvgIpc) is 2.01. The van der Waals surface area contributed by atoms with Gasteiger partial charge >= 0.3 is 0 Å². The lowest BCUT2D eigenvalue weighted by molar-refractivity contribution is 0.596. The highest BCUT2D eigenvalue weighted by Crippen LogP contribution is 2.19. The minimum Gasteiger partial charge on any atom is -0.225 e. The zero-order valence-electron chi connectivity index (χ0n) is 7.12. The molecule has 0 amide bonds. The van der Waals surface area contributed by atoms with Gasteiger partial charge in [0.1, 0.15) is 0 Å². The molecule has 0 heterocycles. The third-order valence-corrected chi connectivity index (χ3v) is 2.96. The van der Waals surface area contributed by atoms with E-state index in [9.17, 15) is 8.42 Å². The van der Waals surface area contributed by atoms with E-state index in [-0.39, 0.29) is 4.90 Å². The lowest BCUT2D eigenvalue weighted by Crippen LogP contribution is -2.14. The maximum atomic E-state index is 11.1. The molecule has 1 aromatic rings. The number of hydrogen-bond donors (Lipinski definition) is 1. The van der Waals surface area contributed by atoms with E-state index < -0.39 is 10.0 Å². The normalized spacial score (nSPS) is 11.6. The molecule has 1 aromatic carbocycles. The molecule has 72 valence electrons. The van der Waals surface area contributed by atoms with Gasteiger partial charge in [-0.25, -0.2) is 13.6 Å². The monoisotopic (exact) mass is 219 g/mol. The maximum absolute atomic E-state index is 11.1. The van der Waals surface area contributed by atoms with Crippen LogP contribution < -0.4 is 5.14 Å². The van der Waals surface area contributed by atoms with Crippen LogP contribution in [0.2, 0.25) is 5.02 Å². The van der Waals surface area contributed by atoms with E-state index in [1.807, 2.05) is 6.92 Å². The van der Waals surface area contributed by atoms with Crippen LogP contribution in [0, 0.1) is 0 Å². The van der Waals surface area contributed by atoms with Crippen LogP contribution in [0.3, 0.4) is 0 Å². The van der Waals surface area contributed by atoms with Gasteiger partial charge in [-0.15, -0.1) is 0 Å². The van der Waals surface area contributed by atoms with Crippen LogP contribution in [0.1, 0.15) is 12.5 Å². The number of nitrogens with two attached hydrogens (primary N) is 1. The predicted molar refractivity (Wildman–Crippen MR) is 52.2 cm³/mol. The van der Waals surface area contributed by atoms with Gasteiger partial charge in [0.15, 0.2) is 0 Å². The van der Waals surface area contributed by atoms with Crippen molar-refractivity contribution in [2.24, 2.45) is 5.14 Å². The maximum Gasteiger partial charge on any atom is 0.238 e. The van der Waals surface area contributed by atoms with Crippen molar-refractivity contribution in [1.29, 1.82) is 0 Å². The van der Waals surface area contributed by atoms with Crippen LogP contribution in [-0.4, -0.2) is 8.42 Å². The number of sulfonamides is 1. The van der Waals surface area contributed by atoms with Crippen molar-refractivity contribution in [1.82, 2.24) is 0 Å². The van der Waals surface area contributed by atoms with Gasteiger partial charge in [-0.3, -0.25) is 0 Å². The van der Waals surface area contributed by atoms with Gasteiger partial charge in [-0.2, -0.15) is 0 Å². The number of halogens is 1. The van der Waals surface area contributed by atoms with Gasteiger partial charge in [-0.05, 0) is 30.2 Å². The third-order valence-electron chi connectivity index (χ3n) is 1.71. The Kier molecular flexibility index (Phi) is 2.95. The summed E-state index contributed by atoms with van der Waals surface area (Å²) < 4.78 is 22.1. The third kappa shape index (κ3) is 2.43. The minimum absolute atomic E-state index is 0.152. The van der Waals surface area contributed by atoms with Crippen molar-refractivity contribution in [3.8, 4) is 0 Å². The molecule has 0 bridgehead atoms. The van der Waals surface area contributed by atoms with Crippen LogP contribution in [-0.2, 0) is 16.4 Å². The summed E-state index contributed by atoms with van der Waals surface area (Å²) in [6.07, 6.45) is 0.590. The van der Waals surface area contributed by atoms with Gasteiger partial charge < -0.3 is 0 Å². The summed E-state index contributed by atoms with van der Waals surface area (Å²) in [5.74, 6) is 0. The quantitative estimate of drug-likeness (QED) is 0.821. The first-order chi connectivity index (χ1) is 5.95. The fourth-order valence-corrected chi connectivity index (χ4v) is 2.12. The number of rotatable bonds is 2. The van der Waals surface area contributed by atoms with Gasteiger partial charge in [0.2, 0.25) is 10.0 Å². The average molecular weight is 220 g/mol. The highest BCUT2D eigenvalue weighted by Gasteiger charge is 2.12. The van der Waals surface area contributed by atoms with E-state index >= 15 is 0 Å². The van der Waals surface area contributed by atoms with E-state index in [0.29, 0.717) is 17.0 Å². The number of benzene rings is 1. The minimum atomic E-state index is -3.62. The summed E-state index contributed by atoms with van der Waals surface area (Å²) in [4.78, 5) is 0.152. The van der Waals surface area contributed by atoms with Crippen LogP contribution in [0.4, 0.5) is 0 Å². The second kappa shape index (κ2) is 3.65. The van der Waals surface area contributed by atoms with E-state index in [1.54, 1.807) is 6.07 Å². The molecule has 13 heavy (non-hydrogen) atoms. The van der Waals surface area contributed by atoms with Crippen molar-refractivity contribution < 1.29 is 8.42 Å². The highest BCUT2D eigenvalue weighted by molar-refractivity contribution is 7.89. The fourth-order valence-electron chi connectivity index (χ4n) is 1.10. The molecule has 0 unspecified atom stereocenters. The van der Waals surface area contributed by atoms with Crippen LogP contribution in [0.15, 0.2) is 23.1 Å². The second-order valence-corrected chi connectivity index (χ2v) is 4.62. The Labute approximate surface area is 82.6 Å². The molecule has 1 rings (SSSR count). The molecule has 0 aliphatic rings. The standard InChI is InChI=1S/C8H10ClNO2S/c1-2-6-5-7(9)3-4-8(6)13(10,11)12/h3-5H,2H2,1H3,(H2,10,11,12). The van der Waals surface area contributed by atoms with E-state index in [4.69, 9.17) is 16.7 Å². The van der Waals surface area contributed by atoms with Gasteiger partial charge in [0.05, 0.1) is 4.90 Å². The largest absolute Gasteiger partial charge is 0.238 e. The van der Waals surface area contributed by atoms with Gasteiger partial charge in [-0.1, -0.05) is 18.5 Å². The van der Waals surface area contributed by atoms with Crippen LogP contribution in [0.25, 0.3) is 0 Å². The summed E-state index contributed by atoms with van der Waals surface area (Å²) in [6.45, 7) is 1.85. The summed E-state index contributed by atoms with van der Waals surface area (Å²) >= 11 is 5.71. The van der Waals surface area contributed by atoms with Crippen molar-refractivity contribution >= 4 is 21.6 Å². The zero-order chi connectivity index (χ0) is 10.1. The molecule has 0 aromatic heterocycles. The van der Waals surface area contributed by atoms with Crippen LogP contribution >= 0.6 is 11.6 Å². The summed E-state index contributed by atoms with van der Waals surface area (Å²) in [6, 6.07) is 4.55. The molecule has 0 fully saturated rings. The SMILES string of the molecule is CCc1cc(Cl)ccc1S(N)(=O)=O. The molecular weight excluding hydrogens is 210 g/mol. The molecule has 0 aliphatic carbocycles. The molecule has 0 saturated heterocycles. The van der Waals surface area contributed by atoms with Gasteiger partial charge in [0, 0.05) is 5.02 Å². The topological polar surface area (TPSA) is 60.2 Å². The van der Waals surface area contributed by atoms with Gasteiger partial charge in [0.25, 0.3) is 0 Å². The number of primary sulfonamides is 1. The zero-order valence-corrected chi connectivity index (χ0v) is 8.69. The van der Waals surface area contributed by atoms with E-state index in [2.05, 4.69) is 0 Å². The Morgan fingerprint density at radius 2 is 2.08 bits per heavy atom. The molecule has 0 radical (unpaired) electrons. The second-order valence-electron chi connectivity index (χ2n) is 2.65. The molecule has 0 spiro atoms. The Hall–Kier alpha value is -0.580. The van der Waals surface area contributed by atoms with Crippen molar-refractivity contribution in [3.05, 3.63) is 28.8 Å². The molecular formula is C8H10ClNO2S. The number of hydrogen-bond acceptors (Lipinski definition) is 2. The lowest BCUT2D eigenvalue weighted by atomic mass is 10.2. The Balaban J connectivity index is 3.39. The Morgan fingerprint density at radius 3 is 2.54 bits per heavy atom. The molecule has 3 nitrogen and oxygen atoms in total. The van der Waals surface area contributed by atoms with Crippen molar-refractivity contribution in [2.75, 3.05) is 0 Å².